The molecule has 1 N–H and O–H groups in total. The SMILES string of the molecule is COC1NCC(Cl)CC1CCl. The molecule has 2 nitrogen and oxygen atoms in total. The van der Waals surface area contributed by atoms with Crippen molar-refractivity contribution in [3.8, 4) is 0 Å². The van der Waals surface area contributed by atoms with Crippen LogP contribution in [0.15, 0.2) is 0 Å². The summed E-state index contributed by atoms with van der Waals surface area (Å²) in [6.07, 6.45) is 1.03. The van der Waals surface area contributed by atoms with Crippen molar-refractivity contribution in [3.63, 3.8) is 0 Å². The minimum absolute atomic E-state index is 0.0856. The molecule has 1 aliphatic heterocycles. The van der Waals surface area contributed by atoms with Gasteiger partial charge in [-0.15, -0.1) is 23.2 Å². The van der Waals surface area contributed by atoms with Gasteiger partial charge in [-0.25, -0.2) is 0 Å². The zero-order valence-electron chi connectivity index (χ0n) is 6.52. The number of hydrogen-bond donors (Lipinski definition) is 1. The summed E-state index contributed by atoms with van der Waals surface area (Å²) < 4.78 is 5.19. The van der Waals surface area contributed by atoms with Crippen molar-refractivity contribution in [1.82, 2.24) is 5.32 Å². The highest BCUT2D eigenvalue weighted by atomic mass is 35.5. The van der Waals surface area contributed by atoms with E-state index in [1.54, 1.807) is 7.11 Å². The molecule has 66 valence electrons. The van der Waals surface area contributed by atoms with E-state index in [4.69, 9.17) is 27.9 Å². The first-order valence-electron chi connectivity index (χ1n) is 3.74. The van der Waals surface area contributed by atoms with Crippen molar-refractivity contribution >= 4 is 23.2 Å². The van der Waals surface area contributed by atoms with Crippen LogP contribution in [0.3, 0.4) is 0 Å². The van der Waals surface area contributed by atoms with Crippen molar-refractivity contribution in [1.29, 1.82) is 0 Å². The first-order chi connectivity index (χ1) is 5.27. The highest BCUT2D eigenvalue weighted by molar-refractivity contribution is 6.21. The zero-order valence-corrected chi connectivity index (χ0v) is 8.03. The Labute approximate surface area is 77.2 Å². The van der Waals surface area contributed by atoms with Crippen LogP contribution >= 0.6 is 23.2 Å². The molecule has 0 saturated carbocycles. The number of hydrogen-bond acceptors (Lipinski definition) is 2. The van der Waals surface area contributed by atoms with Crippen LogP contribution in [0.25, 0.3) is 0 Å². The van der Waals surface area contributed by atoms with Crippen molar-refractivity contribution in [3.05, 3.63) is 0 Å². The summed E-state index contributed by atoms with van der Waals surface area (Å²) in [5.74, 6) is 0.951. The number of rotatable bonds is 2. The molecule has 1 saturated heterocycles. The van der Waals surface area contributed by atoms with E-state index >= 15 is 0 Å². The fourth-order valence-electron chi connectivity index (χ4n) is 1.37. The topological polar surface area (TPSA) is 21.3 Å². The van der Waals surface area contributed by atoms with Gasteiger partial charge >= 0.3 is 0 Å². The average Bonchev–Trinajstić information content (AvgIpc) is 2.04. The lowest BCUT2D eigenvalue weighted by molar-refractivity contribution is 0.0155. The Morgan fingerprint density at radius 3 is 2.91 bits per heavy atom. The number of nitrogens with one attached hydrogen (secondary N) is 1. The van der Waals surface area contributed by atoms with E-state index in [-0.39, 0.29) is 11.6 Å². The first kappa shape index (κ1) is 9.59. The Balaban J connectivity index is 2.41. The van der Waals surface area contributed by atoms with E-state index < -0.39 is 0 Å². The van der Waals surface area contributed by atoms with E-state index in [2.05, 4.69) is 5.32 Å². The standard InChI is InChI=1S/C7H13Cl2NO/c1-11-7-5(3-8)2-6(9)4-10-7/h5-7,10H,2-4H2,1H3. The molecular weight excluding hydrogens is 185 g/mol. The van der Waals surface area contributed by atoms with Crippen molar-refractivity contribution in [2.24, 2.45) is 5.92 Å². The quantitative estimate of drug-likeness (QED) is 0.677. The number of halogens is 2. The molecule has 0 aromatic rings. The molecule has 3 atom stereocenters. The van der Waals surface area contributed by atoms with Gasteiger partial charge < -0.3 is 4.74 Å². The van der Waals surface area contributed by atoms with Crippen LogP contribution in [-0.2, 0) is 4.74 Å². The molecule has 3 unspecified atom stereocenters. The molecule has 0 aliphatic carbocycles. The van der Waals surface area contributed by atoms with Gasteiger partial charge in [0.2, 0.25) is 0 Å². The molecule has 1 rings (SSSR count). The minimum Gasteiger partial charge on any atom is -0.366 e. The smallest absolute Gasteiger partial charge is 0.111 e. The maximum Gasteiger partial charge on any atom is 0.111 e. The monoisotopic (exact) mass is 197 g/mol. The molecule has 1 aliphatic rings. The highest BCUT2D eigenvalue weighted by Gasteiger charge is 2.28. The Hall–Kier alpha value is 0.500. The lowest BCUT2D eigenvalue weighted by atomic mass is 9.99. The predicted octanol–water partition coefficient (Wildman–Crippen LogP) is 1.41. The summed E-state index contributed by atoms with van der Waals surface area (Å²) in [6, 6.07) is 0. The van der Waals surface area contributed by atoms with Crippen LogP contribution in [0.4, 0.5) is 0 Å². The molecular formula is C7H13Cl2NO. The van der Waals surface area contributed by atoms with Crippen molar-refractivity contribution < 1.29 is 4.74 Å². The summed E-state index contributed by atoms with van der Waals surface area (Å²) in [5, 5.41) is 3.38. The summed E-state index contributed by atoms with van der Waals surface area (Å²) in [7, 11) is 1.69. The minimum atomic E-state index is 0.0856. The first-order valence-corrected chi connectivity index (χ1v) is 4.71. The third-order valence-electron chi connectivity index (χ3n) is 1.98. The third-order valence-corrected chi connectivity index (χ3v) is 2.71. The van der Waals surface area contributed by atoms with Gasteiger partial charge in [-0.2, -0.15) is 0 Å². The van der Waals surface area contributed by atoms with Gasteiger partial charge in [-0.1, -0.05) is 0 Å². The van der Waals surface area contributed by atoms with Crippen molar-refractivity contribution in [2.75, 3.05) is 19.5 Å². The Bertz CT molecular complexity index is 123. The number of alkyl halides is 2. The Morgan fingerprint density at radius 1 is 1.64 bits per heavy atom. The maximum absolute atomic E-state index is 5.94. The Morgan fingerprint density at radius 2 is 2.36 bits per heavy atom. The van der Waals surface area contributed by atoms with Gasteiger partial charge in [0, 0.05) is 30.8 Å². The molecule has 11 heavy (non-hydrogen) atoms. The van der Waals surface area contributed by atoms with Gasteiger partial charge in [0.25, 0.3) is 0 Å². The van der Waals surface area contributed by atoms with Crippen LogP contribution in [0, 0.1) is 5.92 Å². The second-order valence-corrected chi connectivity index (χ2v) is 3.74. The molecule has 1 heterocycles. The Kier molecular flexibility index (Phi) is 3.93. The molecule has 0 amide bonds. The predicted molar refractivity (Wildman–Crippen MR) is 47.3 cm³/mol. The van der Waals surface area contributed by atoms with Gasteiger partial charge in [0.05, 0.1) is 0 Å². The molecule has 0 aromatic heterocycles. The maximum atomic E-state index is 5.94. The molecule has 0 aromatic carbocycles. The largest absolute Gasteiger partial charge is 0.366 e. The summed E-state index contributed by atoms with van der Waals surface area (Å²) in [4.78, 5) is 0. The van der Waals surface area contributed by atoms with E-state index in [0.29, 0.717) is 11.8 Å². The number of piperidine rings is 1. The summed E-state index contributed by atoms with van der Waals surface area (Å²) in [5.41, 5.74) is 0. The average molecular weight is 198 g/mol. The lowest BCUT2D eigenvalue weighted by Gasteiger charge is -2.32. The number of ether oxygens (including phenoxy) is 1. The molecule has 4 heteroatoms. The fourth-order valence-corrected chi connectivity index (χ4v) is 1.97. The second-order valence-electron chi connectivity index (χ2n) is 2.81. The molecule has 0 spiro atoms. The normalized spacial score (nSPS) is 39.0. The molecule has 0 radical (unpaired) electrons. The van der Waals surface area contributed by atoms with Crippen LogP contribution in [-0.4, -0.2) is 31.1 Å². The summed E-state index contributed by atoms with van der Waals surface area (Å²) >= 11 is 11.7. The van der Waals surface area contributed by atoms with Gasteiger partial charge in [-0.3, -0.25) is 5.32 Å². The fraction of sp³-hybridized carbons (Fsp3) is 1.00. The third kappa shape index (κ3) is 2.48. The van der Waals surface area contributed by atoms with Gasteiger partial charge in [0.15, 0.2) is 0 Å². The van der Waals surface area contributed by atoms with Crippen LogP contribution in [0.5, 0.6) is 0 Å². The summed E-state index contributed by atoms with van der Waals surface area (Å²) in [6.45, 7) is 0.813. The van der Waals surface area contributed by atoms with Crippen LogP contribution in [0.1, 0.15) is 6.42 Å². The zero-order chi connectivity index (χ0) is 8.27. The second kappa shape index (κ2) is 4.51. The number of methoxy groups -OCH3 is 1. The molecule has 0 bridgehead atoms. The lowest BCUT2D eigenvalue weighted by Crippen LogP contribution is -2.47. The van der Waals surface area contributed by atoms with Gasteiger partial charge in [0.1, 0.15) is 6.23 Å². The molecule has 1 fully saturated rings. The van der Waals surface area contributed by atoms with Gasteiger partial charge in [-0.05, 0) is 6.42 Å². The van der Waals surface area contributed by atoms with Crippen LogP contribution in [0.2, 0.25) is 0 Å². The van der Waals surface area contributed by atoms with Crippen molar-refractivity contribution in [2.45, 2.75) is 18.0 Å². The van der Waals surface area contributed by atoms with Crippen LogP contribution < -0.4 is 5.32 Å². The highest BCUT2D eigenvalue weighted by Crippen LogP contribution is 2.21. The van der Waals surface area contributed by atoms with E-state index in [1.165, 1.54) is 0 Å². The van der Waals surface area contributed by atoms with E-state index in [1.807, 2.05) is 0 Å². The van der Waals surface area contributed by atoms with E-state index in [0.717, 1.165) is 13.0 Å². The van der Waals surface area contributed by atoms with E-state index in [9.17, 15) is 0 Å².